The minimum Gasteiger partial charge on any atom is -0.476 e. The van der Waals surface area contributed by atoms with Crippen LogP contribution in [0.3, 0.4) is 0 Å². The molecular weight excluding hydrogens is 408 g/mol. The Morgan fingerprint density at radius 3 is 2.42 bits per heavy atom. The number of pyridine rings is 1. The molecule has 1 aromatic heterocycles. The number of nitrogens with one attached hydrogen (secondary N) is 1. The predicted octanol–water partition coefficient (Wildman–Crippen LogP) is 3.03. The summed E-state index contributed by atoms with van der Waals surface area (Å²) in [6.07, 6.45) is 1.96. The average Bonchev–Trinajstić information content (AvgIpc) is 3.63. The molecule has 0 aromatic carbocycles. The van der Waals surface area contributed by atoms with E-state index in [1.54, 1.807) is 26.8 Å². The van der Waals surface area contributed by atoms with Crippen molar-refractivity contribution in [1.29, 1.82) is 0 Å². The summed E-state index contributed by atoms with van der Waals surface area (Å²) in [6.45, 7) is 5.20. The van der Waals surface area contributed by atoms with Crippen molar-refractivity contribution >= 4 is 17.6 Å². The van der Waals surface area contributed by atoms with E-state index in [1.165, 1.54) is 17.4 Å². The standard InChI is InChI=1S/C22H29F2N3O4/c1-4-21(5-2,20(29)30-6-3)26-18(28)16-7-8-17(27-11-22(23,24)12-27)19(25-16)31-10-15-13-9-14(13)15/h7-8,13-15H,4-6,9-12H2,1-3H3,(H,26,28). The number of hydrogen-bond acceptors (Lipinski definition) is 6. The lowest BCUT2D eigenvalue weighted by atomic mass is 9.92. The van der Waals surface area contributed by atoms with Gasteiger partial charge in [-0.25, -0.2) is 18.6 Å². The molecule has 170 valence electrons. The Hall–Kier alpha value is -2.45. The van der Waals surface area contributed by atoms with Gasteiger partial charge < -0.3 is 19.7 Å². The smallest absolute Gasteiger partial charge is 0.331 e. The summed E-state index contributed by atoms with van der Waals surface area (Å²) in [6, 6.07) is 3.06. The van der Waals surface area contributed by atoms with E-state index in [-0.39, 0.29) is 18.2 Å². The number of aromatic nitrogens is 1. The minimum atomic E-state index is -2.73. The van der Waals surface area contributed by atoms with Crippen molar-refractivity contribution in [3.8, 4) is 5.88 Å². The van der Waals surface area contributed by atoms with Crippen molar-refractivity contribution in [2.45, 2.75) is 51.5 Å². The molecule has 2 aliphatic carbocycles. The first kappa shape index (κ1) is 21.8. The maximum atomic E-state index is 13.4. The molecule has 7 nitrogen and oxygen atoms in total. The Morgan fingerprint density at radius 1 is 1.23 bits per heavy atom. The molecule has 0 bridgehead atoms. The van der Waals surface area contributed by atoms with Crippen LogP contribution in [0.15, 0.2) is 12.1 Å². The first-order valence-electron chi connectivity index (χ1n) is 11.0. The number of fused-ring (bicyclic) bond motifs is 1. The molecule has 2 heterocycles. The third-order valence-electron chi connectivity index (χ3n) is 6.75. The Labute approximate surface area is 180 Å². The molecule has 0 radical (unpaired) electrons. The second-order valence-electron chi connectivity index (χ2n) is 8.73. The summed E-state index contributed by atoms with van der Waals surface area (Å²) in [5.74, 6) is -1.61. The Kier molecular flexibility index (Phi) is 5.55. The van der Waals surface area contributed by atoms with Crippen LogP contribution in [-0.2, 0) is 9.53 Å². The van der Waals surface area contributed by atoms with Gasteiger partial charge in [-0.2, -0.15) is 0 Å². The van der Waals surface area contributed by atoms with Crippen molar-refractivity contribution in [2.24, 2.45) is 17.8 Å². The first-order chi connectivity index (χ1) is 14.7. The fourth-order valence-electron chi connectivity index (χ4n) is 4.24. The van der Waals surface area contributed by atoms with Crippen LogP contribution >= 0.6 is 0 Å². The molecule has 9 heteroatoms. The van der Waals surface area contributed by atoms with E-state index in [9.17, 15) is 18.4 Å². The van der Waals surface area contributed by atoms with Gasteiger partial charge in [-0.15, -0.1) is 0 Å². The van der Waals surface area contributed by atoms with Crippen LogP contribution in [-0.4, -0.2) is 54.6 Å². The van der Waals surface area contributed by atoms with Crippen molar-refractivity contribution < 1.29 is 27.8 Å². The second kappa shape index (κ2) is 7.91. The minimum absolute atomic E-state index is 0.0718. The highest BCUT2D eigenvalue weighted by molar-refractivity contribution is 5.97. The van der Waals surface area contributed by atoms with Gasteiger partial charge in [-0.3, -0.25) is 4.79 Å². The van der Waals surface area contributed by atoms with Crippen molar-refractivity contribution in [3.05, 3.63) is 17.8 Å². The fraction of sp³-hybridized carbons (Fsp3) is 0.682. The summed E-state index contributed by atoms with van der Waals surface area (Å²) < 4.78 is 37.8. The Bertz CT molecular complexity index is 858. The van der Waals surface area contributed by atoms with Crippen molar-refractivity contribution in [1.82, 2.24) is 10.3 Å². The molecule has 1 saturated heterocycles. The lowest BCUT2D eigenvalue weighted by Gasteiger charge is -2.40. The van der Waals surface area contributed by atoms with E-state index in [1.807, 2.05) is 0 Å². The quantitative estimate of drug-likeness (QED) is 0.567. The fourth-order valence-corrected chi connectivity index (χ4v) is 4.24. The Balaban J connectivity index is 1.52. The highest BCUT2D eigenvalue weighted by Crippen LogP contribution is 2.68. The first-order valence-corrected chi connectivity index (χ1v) is 11.0. The molecule has 2 saturated carbocycles. The molecule has 31 heavy (non-hydrogen) atoms. The third kappa shape index (κ3) is 4.19. The highest BCUT2D eigenvalue weighted by Gasteiger charge is 2.64. The number of carbonyl (C=O) groups excluding carboxylic acids is 2. The number of esters is 1. The number of anilines is 1. The van der Waals surface area contributed by atoms with Gasteiger partial charge in [0.05, 0.1) is 26.3 Å². The SMILES string of the molecule is CCOC(=O)C(CC)(CC)NC(=O)c1ccc(N2CC(F)(F)C2)c(OCC2C3CC23)n1. The summed E-state index contributed by atoms with van der Waals surface area (Å²) in [4.78, 5) is 31.3. The van der Waals surface area contributed by atoms with Crippen LogP contribution in [0, 0.1) is 17.8 Å². The van der Waals surface area contributed by atoms with Crippen LogP contribution < -0.4 is 15.0 Å². The largest absolute Gasteiger partial charge is 0.476 e. The van der Waals surface area contributed by atoms with Gasteiger partial charge in [-0.05, 0) is 56.1 Å². The monoisotopic (exact) mass is 437 g/mol. The number of alkyl halides is 2. The van der Waals surface area contributed by atoms with E-state index in [0.717, 1.165) is 11.8 Å². The molecule has 1 amide bonds. The lowest BCUT2D eigenvalue weighted by molar-refractivity contribution is -0.151. The molecule has 4 rings (SSSR count). The van der Waals surface area contributed by atoms with Gasteiger partial charge in [0.15, 0.2) is 0 Å². The third-order valence-corrected chi connectivity index (χ3v) is 6.75. The predicted molar refractivity (Wildman–Crippen MR) is 109 cm³/mol. The van der Waals surface area contributed by atoms with Crippen LogP contribution in [0.4, 0.5) is 14.5 Å². The number of nitrogens with zero attached hydrogens (tertiary/aromatic N) is 2. The Morgan fingerprint density at radius 2 is 1.90 bits per heavy atom. The number of ether oxygens (including phenoxy) is 2. The van der Waals surface area contributed by atoms with Gasteiger partial charge in [0.1, 0.15) is 16.9 Å². The molecule has 3 aliphatic rings. The number of carbonyl (C=O) groups is 2. The van der Waals surface area contributed by atoms with E-state index >= 15 is 0 Å². The van der Waals surface area contributed by atoms with Crippen LogP contribution in [0.25, 0.3) is 0 Å². The zero-order valence-corrected chi connectivity index (χ0v) is 18.1. The van der Waals surface area contributed by atoms with Crippen molar-refractivity contribution in [2.75, 3.05) is 31.2 Å². The topological polar surface area (TPSA) is 80.8 Å². The molecule has 1 N–H and O–H groups in total. The molecule has 2 atom stereocenters. The van der Waals surface area contributed by atoms with Gasteiger partial charge in [0.2, 0.25) is 5.88 Å². The van der Waals surface area contributed by atoms with E-state index in [2.05, 4.69) is 10.3 Å². The summed E-state index contributed by atoms with van der Waals surface area (Å²) in [5, 5.41) is 2.77. The number of hydrogen-bond donors (Lipinski definition) is 1. The van der Waals surface area contributed by atoms with Gasteiger partial charge >= 0.3 is 5.97 Å². The number of halogens is 2. The zero-order valence-electron chi connectivity index (χ0n) is 18.1. The number of amides is 1. The molecule has 1 aromatic rings. The van der Waals surface area contributed by atoms with Gasteiger partial charge in [-0.1, -0.05) is 13.8 Å². The van der Waals surface area contributed by atoms with E-state index in [0.29, 0.717) is 31.1 Å². The van der Waals surface area contributed by atoms with Crippen LogP contribution in [0.1, 0.15) is 50.5 Å². The molecule has 1 aliphatic heterocycles. The van der Waals surface area contributed by atoms with Gasteiger partial charge in [0, 0.05) is 0 Å². The van der Waals surface area contributed by atoms with E-state index < -0.39 is 36.4 Å². The second-order valence-corrected chi connectivity index (χ2v) is 8.73. The summed E-state index contributed by atoms with van der Waals surface area (Å²) >= 11 is 0. The lowest BCUT2D eigenvalue weighted by Crippen LogP contribution is -2.56. The highest BCUT2D eigenvalue weighted by atomic mass is 19.3. The van der Waals surface area contributed by atoms with Crippen LogP contribution in [0.5, 0.6) is 5.88 Å². The van der Waals surface area contributed by atoms with E-state index in [4.69, 9.17) is 9.47 Å². The van der Waals surface area contributed by atoms with Crippen LogP contribution in [0.2, 0.25) is 0 Å². The maximum absolute atomic E-state index is 13.4. The summed E-state index contributed by atoms with van der Waals surface area (Å²) in [7, 11) is 0. The molecule has 2 unspecified atom stereocenters. The number of rotatable bonds is 10. The summed E-state index contributed by atoms with van der Waals surface area (Å²) in [5.41, 5.74) is -0.620. The molecule has 3 fully saturated rings. The normalized spacial score (nSPS) is 25.2. The zero-order chi connectivity index (χ0) is 22.4. The van der Waals surface area contributed by atoms with Crippen molar-refractivity contribution in [3.63, 3.8) is 0 Å². The molecule has 0 spiro atoms. The average molecular weight is 437 g/mol. The van der Waals surface area contributed by atoms with Gasteiger partial charge in [0.25, 0.3) is 11.8 Å². The molecular formula is C22H29F2N3O4. The maximum Gasteiger partial charge on any atom is 0.331 e.